The van der Waals surface area contributed by atoms with Gasteiger partial charge in [0.1, 0.15) is 11.2 Å². The van der Waals surface area contributed by atoms with Crippen molar-refractivity contribution in [1.82, 2.24) is 0 Å². The average Bonchev–Trinajstić information content (AvgIpc) is 3.59. The Labute approximate surface area is 290 Å². The van der Waals surface area contributed by atoms with Gasteiger partial charge in [0, 0.05) is 33.1 Å². The van der Waals surface area contributed by atoms with Crippen LogP contribution in [0.25, 0.3) is 76.5 Å². The lowest BCUT2D eigenvalue weighted by Gasteiger charge is -2.28. The van der Waals surface area contributed by atoms with Crippen molar-refractivity contribution in [3.8, 4) is 22.3 Å². The number of benzene rings is 9. The molecule has 0 aliphatic carbocycles. The van der Waals surface area contributed by atoms with Crippen molar-refractivity contribution in [1.29, 1.82) is 0 Å². The van der Waals surface area contributed by atoms with Gasteiger partial charge < -0.3 is 9.32 Å². The summed E-state index contributed by atoms with van der Waals surface area (Å²) in [4.78, 5) is 2.40. The van der Waals surface area contributed by atoms with Crippen LogP contribution in [0.2, 0.25) is 0 Å². The Bertz CT molecular complexity index is 2870. The molecule has 0 bridgehead atoms. The van der Waals surface area contributed by atoms with Crippen molar-refractivity contribution < 1.29 is 4.42 Å². The molecule has 2 nitrogen and oxygen atoms in total. The van der Waals surface area contributed by atoms with E-state index in [9.17, 15) is 0 Å². The molecule has 10 rings (SSSR count). The first kappa shape index (κ1) is 28.4. The zero-order valence-electron chi connectivity index (χ0n) is 27.3. The third kappa shape index (κ3) is 4.57. The Hall–Kier alpha value is -6.64. The van der Waals surface area contributed by atoms with E-state index in [1.165, 1.54) is 48.8 Å². The predicted octanol–water partition coefficient (Wildman–Crippen LogP) is 13.8. The van der Waals surface area contributed by atoms with E-state index in [4.69, 9.17) is 4.42 Å². The summed E-state index contributed by atoms with van der Waals surface area (Å²) in [6.07, 6.45) is 0. The second kappa shape index (κ2) is 11.5. The van der Waals surface area contributed by atoms with Gasteiger partial charge in [0.25, 0.3) is 0 Å². The van der Waals surface area contributed by atoms with Crippen LogP contribution >= 0.6 is 0 Å². The molecule has 1 heterocycles. The number of hydrogen-bond acceptors (Lipinski definition) is 2. The van der Waals surface area contributed by atoms with E-state index in [-0.39, 0.29) is 0 Å². The smallest absolute Gasteiger partial charge is 0.143 e. The highest BCUT2D eigenvalue weighted by molar-refractivity contribution is 6.22. The van der Waals surface area contributed by atoms with Crippen molar-refractivity contribution in [2.75, 3.05) is 4.90 Å². The maximum Gasteiger partial charge on any atom is 0.143 e. The fourth-order valence-corrected chi connectivity index (χ4v) is 7.68. The minimum absolute atomic E-state index is 0.907. The van der Waals surface area contributed by atoms with Crippen molar-refractivity contribution in [2.45, 2.75) is 0 Å². The first-order chi connectivity index (χ1) is 24.8. The predicted molar refractivity (Wildman–Crippen MR) is 212 cm³/mol. The maximum absolute atomic E-state index is 6.60. The minimum atomic E-state index is 0.907. The lowest BCUT2D eigenvalue weighted by atomic mass is 9.96. The normalized spacial score (nSPS) is 11.6. The SMILES string of the molecule is c1ccc(-c2cccc(N(c3ccc(-c4cc5ccccc5c5c4oc4ccccc45)cc3)c3cc4ccccc4c4ccccc34)c2)cc1. The summed E-state index contributed by atoms with van der Waals surface area (Å²) < 4.78 is 6.60. The molecule has 0 unspecified atom stereocenters. The van der Waals surface area contributed by atoms with Crippen LogP contribution in [0.15, 0.2) is 192 Å². The van der Waals surface area contributed by atoms with Crippen molar-refractivity contribution in [3.05, 3.63) is 188 Å². The zero-order chi connectivity index (χ0) is 33.0. The molecule has 0 N–H and O–H groups in total. The van der Waals surface area contributed by atoms with Gasteiger partial charge in [0.05, 0.1) is 5.69 Å². The van der Waals surface area contributed by atoms with Gasteiger partial charge in [-0.25, -0.2) is 0 Å². The van der Waals surface area contributed by atoms with E-state index in [0.717, 1.165) is 44.7 Å². The molecule has 0 radical (unpaired) electrons. The van der Waals surface area contributed by atoms with Crippen LogP contribution in [-0.2, 0) is 0 Å². The second-order valence-corrected chi connectivity index (χ2v) is 12.9. The molecular weight excluding hydrogens is 607 g/mol. The Balaban J connectivity index is 1.19. The first-order valence-electron chi connectivity index (χ1n) is 17.1. The Morgan fingerprint density at radius 2 is 0.980 bits per heavy atom. The monoisotopic (exact) mass is 637 g/mol. The highest BCUT2D eigenvalue weighted by Gasteiger charge is 2.20. The van der Waals surface area contributed by atoms with E-state index in [0.29, 0.717) is 0 Å². The number of anilines is 3. The lowest BCUT2D eigenvalue weighted by molar-refractivity contribution is 0.670. The molecule has 0 amide bonds. The van der Waals surface area contributed by atoms with Crippen LogP contribution in [0.1, 0.15) is 0 Å². The summed E-state index contributed by atoms with van der Waals surface area (Å²) in [5, 5.41) is 9.64. The number of furan rings is 1. The summed E-state index contributed by atoms with van der Waals surface area (Å²) in [5.41, 5.74) is 9.74. The number of hydrogen-bond donors (Lipinski definition) is 0. The highest BCUT2D eigenvalue weighted by atomic mass is 16.3. The quantitative estimate of drug-likeness (QED) is 0.175. The van der Waals surface area contributed by atoms with E-state index in [2.05, 4.69) is 187 Å². The summed E-state index contributed by atoms with van der Waals surface area (Å²) in [5.74, 6) is 0. The molecule has 50 heavy (non-hydrogen) atoms. The second-order valence-electron chi connectivity index (χ2n) is 12.9. The van der Waals surface area contributed by atoms with Crippen molar-refractivity contribution in [3.63, 3.8) is 0 Å². The van der Waals surface area contributed by atoms with Crippen LogP contribution < -0.4 is 4.90 Å². The van der Waals surface area contributed by atoms with E-state index < -0.39 is 0 Å². The van der Waals surface area contributed by atoms with Gasteiger partial charge in [0.15, 0.2) is 0 Å². The van der Waals surface area contributed by atoms with Crippen molar-refractivity contribution >= 4 is 71.3 Å². The molecule has 0 fully saturated rings. The van der Waals surface area contributed by atoms with Gasteiger partial charge in [-0.15, -0.1) is 0 Å². The van der Waals surface area contributed by atoms with Gasteiger partial charge in [0.2, 0.25) is 0 Å². The number of rotatable bonds is 5. The maximum atomic E-state index is 6.60. The fourth-order valence-electron chi connectivity index (χ4n) is 7.68. The van der Waals surface area contributed by atoms with Crippen LogP contribution in [0, 0.1) is 0 Å². The third-order valence-corrected chi connectivity index (χ3v) is 10.0. The van der Waals surface area contributed by atoms with Crippen LogP contribution in [0.3, 0.4) is 0 Å². The van der Waals surface area contributed by atoms with Gasteiger partial charge in [-0.1, -0.05) is 146 Å². The molecule has 0 spiro atoms. The van der Waals surface area contributed by atoms with E-state index in [1.807, 2.05) is 6.07 Å². The first-order valence-corrected chi connectivity index (χ1v) is 17.1. The summed E-state index contributed by atoms with van der Waals surface area (Å²) in [6, 6.07) is 67.5. The van der Waals surface area contributed by atoms with Crippen molar-refractivity contribution in [2.24, 2.45) is 0 Å². The van der Waals surface area contributed by atoms with E-state index >= 15 is 0 Å². The molecule has 0 saturated heterocycles. The fraction of sp³-hybridized carbons (Fsp3) is 0. The van der Waals surface area contributed by atoms with E-state index in [1.54, 1.807) is 0 Å². The largest absolute Gasteiger partial charge is 0.455 e. The van der Waals surface area contributed by atoms with Gasteiger partial charge >= 0.3 is 0 Å². The molecule has 10 aromatic rings. The van der Waals surface area contributed by atoms with Crippen LogP contribution in [0.5, 0.6) is 0 Å². The molecule has 0 atom stereocenters. The summed E-state index contributed by atoms with van der Waals surface area (Å²) in [7, 11) is 0. The Morgan fingerprint density at radius 1 is 0.360 bits per heavy atom. The van der Waals surface area contributed by atoms with Crippen LogP contribution in [0.4, 0.5) is 17.1 Å². The molecule has 234 valence electrons. The Morgan fingerprint density at radius 3 is 1.78 bits per heavy atom. The van der Waals surface area contributed by atoms with Crippen LogP contribution in [-0.4, -0.2) is 0 Å². The Kier molecular flexibility index (Phi) is 6.53. The molecule has 0 aliphatic heterocycles. The van der Waals surface area contributed by atoms with Gasteiger partial charge in [-0.05, 0) is 86.1 Å². The molecular formula is C48H31NO. The molecule has 9 aromatic carbocycles. The number of fused-ring (bicyclic) bond motifs is 8. The molecule has 0 saturated carbocycles. The topological polar surface area (TPSA) is 16.4 Å². The zero-order valence-corrected chi connectivity index (χ0v) is 27.3. The minimum Gasteiger partial charge on any atom is -0.455 e. The standard InChI is InChI=1S/C48H31NO/c1-2-13-32(14-3-1)34-17-12-18-38(29-34)49(45-31-36-16-4-6-19-39(36)41-21-8-9-22-42(41)45)37-27-25-33(26-28-37)44-30-35-15-5-7-20-40(35)47-43-23-10-11-24-46(43)50-48(44)47/h1-31H. The number of para-hydroxylation sites is 1. The molecule has 0 aliphatic rings. The average molecular weight is 638 g/mol. The molecule has 2 heteroatoms. The third-order valence-electron chi connectivity index (χ3n) is 10.0. The highest BCUT2D eigenvalue weighted by Crippen LogP contribution is 2.45. The summed E-state index contributed by atoms with van der Waals surface area (Å²) in [6.45, 7) is 0. The lowest BCUT2D eigenvalue weighted by Crippen LogP contribution is -2.10. The van der Waals surface area contributed by atoms with Gasteiger partial charge in [-0.3, -0.25) is 0 Å². The van der Waals surface area contributed by atoms with Gasteiger partial charge in [-0.2, -0.15) is 0 Å². The summed E-state index contributed by atoms with van der Waals surface area (Å²) >= 11 is 0. The molecule has 1 aromatic heterocycles. The number of nitrogens with zero attached hydrogens (tertiary/aromatic N) is 1.